The van der Waals surface area contributed by atoms with E-state index < -0.39 is 8.32 Å². The average Bonchev–Trinajstić information content (AvgIpc) is 2.36. The van der Waals surface area contributed by atoms with Crippen molar-refractivity contribution in [2.24, 2.45) is 5.92 Å². The number of rotatable bonds is 8. The molecule has 0 fully saturated rings. The van der Waals surface area contributed by atoms with Crippen molar-refractivity contribution in [2.45, 2.75) is 59.0 Å². The van der Waals surface area contributed by atoms with Crippen LogP contribution < -0.4 is 0 Å². The van der Waals surface area contributed by atoms with E-state index in [2.05, 4.69) is 32.3 Å². The van der Waals surface area contributed by atoms with Gasteiger partial charge in [0.15, 0.2) is 6.29 Å². The van der Waals surface area contributed by atoms with E-state index in [1.165, 1.54) is 0 Å². The molecule has 0 aliphatic heterocycles. The van der Waals surface area contributed by atoms with Gasteiger partial charge in [-0.1, -0.05) is 6.58 Å². The van der Waals surface area contributed by atoms with Gasteiger partial charge < -0.3 is 13.9 Å². The van der Waals surface area contributed by atoms with Crippen LogP contribution in [-0.2, 0) is 13.9 Å². The molecule has 0 radical (unpaired) electrons. The Labute approximate surface area is 125 Å². The van der Waals surface area contributed by atoms with Gasteiger partial charge in [0, 0.05) is 25.6 Å². The fraction of sp³-hybridized carbons (Fsp3) is 0.750. The molecule has 3 nitrogen and oxygen atoms in total. The van der Waals surface area contributed by atoms with Gasteiger partial charge in [0.05, 0.1) is 5.76 Å². The lowest BCUT2D eigenvalue weighted by molar-refractivity contribution is -0.115. The van der Waals surface area contributed by atoms with Crippen molar-refractivity contribution in [3.05, 3.63) is 24.0 Å². The lowest BCUT2D eigenvalue weighted by Gasteiger charge is -2.30. The molecule has 0 aromatic heterocycles. The van der Waals surface area contributed by atoms with Gasteiger partial charge in [-0.3, -0.25) is 0 Å². The molecule has 0 aromatic carbocycles. The van der Waals surface area contributed by atoms with Gasteiger partial charge in [-0.05, 0) is 58.0 Å². The van der Waals surface area contributed by atoms with Crippen LogP contribution in [0.4, 0.5) is 0 Å². The van der Waals surface area contributed by atoms with E-state index in [-0.39, 0.29) is 6.29 Å². The highest BCUT2D eigenvalue weighted by Crippen LogP contribution is 2.32. The summed E-state index contributed by atoms with van der Waals surface area (Å²) >= 11 is 0. The van der Waals surface area contributed by atoms with Gasteiger partial charge >= 0.3 is 0 Å². The van der Waals surface area contributed by atoms with Gasteiger partial charge in [-0.25, -0.2) is 0 Å². The van der Waals surface area contributed by atoms with E-state index in [1.54, 1.807) is 0 Å². The largest absolute Gasteiger partial charge is 0.548 e. The van der Waals surface area contributed by atoms with E-state index in [9.17, 15) is 0 Å². The van der Waals surface area contributed by atoms with Crippen molar-refractivity contribution >= 4 is 8.32 Å². The standard InChI is InChI=1S/C16H30O3Si/c1-7-17-16(18-8-2)13(3)14-10-9-11-15(12-14)19-20(4,5)6/h12,14,16H,3,7-11H2,1-2,4-6H3. The third-order valence-electron chi connectivity index (χ3n) is 3.18. The van der Waals surface area contributed by atoms with Crippen LogP contribution in [0.3, 0.4) is 0 Å². The van der Waals surface area contributed by atoms with E-state index in [0.29, 0.717) is 19.1 Å². The molecule has 1 aliphatic rings. The number of hydrogen-bond donors (Lipinski definition) is 0. The number of allylic oxidation sites excluding steroid dienone is 2. The Balaban J connectivity index is 2.73. The summed E-state index contributed by atoms with van der Waals surface area (Å²) in [6.07, 6.45) is 5.23. The third-order valence-corrected chi connectivity index (χ3v) is 4.05. The Morgan fingerprint density at radius 3 is 2.40 bits per heavy atom. The monoisotopic (exact) mass is 298 g/mol. The van der Waals surface area contributed by atoms with Crippen molar-refractivity contribution < 1.29 is 13.9 Å². The minimum absolute atomic E-state index is 0.294. The lowest BCUT2D eigenvalue weighted by Crippen LogP contribution is -2.28. The van der Waals surface area contributed by atoms with Gasteiger partial charge in [0.25, 0.3) is 0 Å². The van der Waals surface area contributed by atoms with E-state index in [4.69, 9.17) is 13.9 Å². The van der Waals surface area contributed by atoms with Gasteiger partial charge in [0.2, 0.25) is 8.32 Å². The van der Waals surface area contributed by atoms with Gasteiger partial charge in [-0.2, -0.15) is 0 Å². The second-order valence-corrected chi connectivity index (χ2v) is 10.6. The van der Waals surface area contributed by atoms with Crippen LogP contribution in [0.15, 0.2) is 24.0 Å². The lowest BCUT2D eigenvalue weighted by atomic mass is 9.88. The number of hydrogen-bond acceptors (Lipinski definition) is 3. The molecular formula is C16H30O3Si. The van der Waals surface area contributed by atoms with Crippen LogP contribution in [-0.4, -0.2) is 27.8 Å². The molecule has 0 spiro atoms. The normalized spacial score (nSPS) is 19.9. The topological polar surface area (TPSA) is 27.7 Å². The Kier molecular flexibility index (Phi) is 6.99. The molecule has 0 N–H and O–H groups in total. The summed E-state index contributed by atoms with van der Waals surface area (Å²) in [5.41, 5.74) is 1.02. The molecule has 20 heavy (non-hydrogen) atoms. The molecule has 1 atom stereocenters. The van der Waals surface area contributed by atoms with Gasteiger partial charge in [0.1, 0.15) is 0 Å². The third kappa shape index (κ3) is 5.81. The predicted molar refractivity (Wildman–Crippen MR) is 86.0 cm³/mol. The first kappa shape index (κ1) is 17.5. The van der Waals surface area contributed by atoms with E-state index >= 15 is 0 Å². The molecule has 0 saturated carbocycles. The van der Waals surface area contributed by atoms with Crippen LogP contribution in [0.2, 0.25) is 19.6 Å². The van der Waals surface area contributed by atoms with E-state index in [0.717, 1.165) is 30.6 Å². The first-order valence-electron chi connectivity index (χ1n) is 7.69. The first-order valence-corrected chi connectivity index (χ1v) is 11.1. The van der Waals surface area contributed by atoms with Crippen LogP contribution in [0.25, 0.3) is 0 Å². The molecule has 0 bridgehead atoms. The van der Waals surface area contributed by atoms with Crippen molar-refractivity contribution in [1.82, 2.24) is 0 Å². The fourth-order valence-corrected chi connectivity index (χ4v) is 3.35. The maximum atomic E-state index is 6.14. The maximum Gasteiger partial charge on any atom is 0.241 e. The predicted octanol–water partition coefficient (Wildman–Crippen LogP) is 4.48. The highest BCUT2D eigenvalue weighted by Gasteiger charge is 2.26. The first-order chi connectivity index (χ1) is 9.37. The molecule has 0 amide bonds. The summed E-state index contributed by atoms with van der Waals surface area (Å²) in [6.45, 7) is 16.1. The van der Waals surface area contributed by atoms with Crippen molar-refractivity contribution in [3.63, 3.8) is 0 Å². The summed E-state index contributed by atoms with van der Waals surface area (Å²) < 4.78 is 17.4. The Hall–Kier alpha value is -0.583. The zero-order valence-electron chi connectivity index (χ0n) is 13.7. The quantitative estimate of drug-likeness (QED) is 0.376. The summed E-state index contributed by atoms with van der Waals surface area (Å²) in [4.78, 5) is 0. The van der Waals surface area contributed by atoms with Crippen molar-refractivity contribution in [1.29, 1.82) is 0 Å². The molecular weight excluding hydrogens is 268 g/mol. The minimum Gasteiger partial charge on any atom is -0.548 e. The van der Waals surface area contributed by atoms with Gasteiger partial charge in [-0.15, -0.1) is 0 Å². The molecule has 1 rings (SSSR count). The number of ether oxygens (including phenoxy) is 2. The van der Waals surface area contributed by atoms with E-state index in [1.807, 2.05) is 13.8 Å². The fourth-order valence-electron chi connectivity index (χ4n) is 2.40. The summed E-state index contributed by atoms with van der Waals surface area (Å²) in [7, 11) is -1.53. The average molecular weight is 298 g/mol. The highest BCUT2D eigenvalue weighted by atomic mass is 28.4. The molecule has 4 heteroatoms. The molecule has 1 aliphatic carbocycles. The zero-order valence-corrected chi connectivity index (χ0v) is 14.7. The SMILES string of the molecule is C=C(C1C=C(O[Si](C)(C)C)CCC1)C(OCC)OCC. The molecule has 1 unspecified atom stereocenters. The summed E-state index contributed by atoms with van der Waals surface area (Å²) in [5.74, 6) is 1.44. The molecule has 116 valence electrons. The Bertz CT molecular complexity index is 338. The summed E-state index contributed by atoms with van der Waals surface area (Å²) in [6, 6.07) is 0. The maximum absolute atomic E-state index is 6.14. The molecule has 0 saturated heterocycles. The Morgan fingerprint density at radius 2 is 1.90 bits per heavy atom. The van der Waals surface area contributed by atoms with Crippen molar-refractivity contribution in [2.75, 3.05) is 13.2 Å². The van der Waals surface area contributed by atoms with Crippen LogP contribution >= 0.6 is 0 Å². The van der Waals surface area contributed by atoms with Crippen LogP contribution in [0.5, 0.6) is 0 Å². The molecule has 0 aromatic rings. The minimum atomic E-state index is -1.53. The van der Waals surface area contributed by atoms with Crippen molar-refractivity contribution in [3.8, 4) is 0 Å². The molecule has 0 heterocycles. The van der Waals surface area contributed by atoms with Crippen LogP contribution in [0.1, 0.15) is 33.1 Å². The Morgan fingerprint density at radius 1 is 1.30 bits per heavy atom. The smallest absolute Gasteiger partial charge is 0.241 e. The van der Waals surface area contributed by atoms with Crippen LogP contribution in [0, 0.1) is 5.92 Å². The second kappa shape index (κ2) is 8.01. The second-order valence-electron chi connectivity index (χ2n) is 6.16. The summed E-state index contributed by atoms with van der Waals surface area (Å²) in [5, 5.41) is 0. The highest BCUT2D eigenvalue weighted by molar-refractivity contribution is 6.70. The zero-order chi connectivity index (χ0) is 15.2.